The fraction of sp³-hybridized carbons (Fsp3) is 0.0526. The van der Waals surface area contributed by atoms with Crippen LogP contribution < -0.4 is 0 Å². The highest BCUT2D eigenvalue weighted by molar-refractivity contribution is 6.45. The van der Waals surface area contributed by atoms with Gasteiger partial charge < -0.3 is 5.11 Å². The van der Waals surface area contributed by atoms with Gasteiger partial charge in [-0.25, -0.2) is 0 Å². The molecule has 0 bridgehead atoms. The first-order valence-corrected chi connectivity index (χ1v) is 9.94. The summed E-state index contributed by atoms with van der Waals surface area (Å²) in [4.78, 5) is 15.8. The van der Waals surface area contributed by atoms with Crippen molar-refractivity contribution in [3.63, 3.8) is 0 Å². The molecule has 0 saturated carbocycles. The molecule has 1 aromatic heterocycles. The molecule has 0 spiro atoms. The molecule has 0 unspecified atom stereocenters. The smallest absolute Gasteiger partial charge is 0.307 e. The lowest BCUT2D eigenvalue weighted by Crippen LogP contribution is -2.03. The van der Waals surface area contributed by atoms with Crippen LogP contribution in [0.15, 0.2) is 36.5 Å². The van der Waals surface area contributed by atoms with E-state index in [1.807, 2.05) is 0 Å². The maximum atomic E-state index is 11.4. The Bertz CT molecular complexity index is 1100. The first kappa shape index (κ1) is 21.5. The van der Waals surface area contributed by atoms with Gasteiger partial charge in [-0.3, -0.25) is 9.78 Å². The third-order valence-electron chi connectivity index (χ3n) is 3.88. The lowest BCUT2D eigenvalue weighted by atomic mass is 9.97. The van der Waals surface area contributed by atoms with Crippen LogP contribution >= 0.6 is 69.6 Å². The van der Waals surface area contributed by atoms with Gasteiger partial charge >= 0.3 is 5.97 Å². The Morgan fingerprint density at radius 2 is 1.32 bits per heavy atom. The maximum absolute atomic E-state index is 11.4. The molecule has 0 saturated heterocycles. The fourth-order valence-electron chi connectivity index (χ4n) is 2.69. The van der Waals surface area contributed by atoms with Crippen LogP contribution in [0, 0.1) is 0 Å². The number of benzene rings is 2. The van der Waals surface area contributed by atoms with E-state index in [4.69, 9.17) is 69.6 Å². The minimum absolute atomic E-state index is 0.246. The Hall–Kier alpha value is -1.20. The van der Waals surface area contributed by atoms with Crippen LogP contribution in [0.1, 0.15) is 5.56 Å². The van der Waals surface area contributed by atoms with Gasteiger partial charge in [0.25, 0.3) is 0 Å². The molecule has 9 heteroatoms. The summed E-state index contributed by atoms with van der Waals surface area (Å²) in [6.45, 7) is 0. The zero-order chi connectivity index (χ0) is 20.6. The minimum Gasteiger partial charge on any atom is -0.481 e. The number of carboxylic acid groups (broad SMARTS) is 1. The van der Waals surface area contributed by atoms with Gasteiger partial charge in [0.1, 0.15) is 0 Å². The molecule has 0 atom stereocenters. The molecular weight excluding hydrogens is 487 g/mol. The molecule has 0 amide bonds. The van der Waals surface area contributed by atoms with Crippen molar-refractivity contribution in [1.82, 2.24) is 4.98 Å². The highest BCUT2D eigenvalue weighted by atomic mass is 35.5. The highest BCUT2D eigenvalue weighted by Crippen LogP contribution is 2.40. The van der Waals surface area contributed by atoms with E-state index < -0.39 is 5.97 Å². The number of pyridine rings is 1. The largest absolute Gasteiger partial charge is 0.481 e. The Balaban J connectivity index is 2.24. The number of aliphatic carboxylic acids is 1. The predicted molar refractivity (Wildman–Crippen MR) is 117 cm³/mol. The Morgan fingerprint density at radius 1 is 0.786 bits per heavy atom. The monoisotopic (exact) mass is 493 g/mol. The topological polar surface area (TPSA) is 50.2 Å². The second-order valence-corrected chi connectivity index (χ2v) is 8.24. The van der Waals surface area contributed by atoms with Gasteiger partial charge in [-0.1, -0.05) is 69.6 Å². The molecule has 0 aliphatic rings. The summed E-state index contributed by atoms with van der Waals surface area (Å²) in [5, 5.41) is 11.1. The zero-order valence-corrected chi connectivity index (χ0v) is 18.3. The van der Waals surface area contributed by atoms with Crippen molar-refractivity contribution in [1.29, 1.82) is 0 Å². The summed E-state index contributed by atoms with van der Waals surface area (Å²) in [7, 11) is 0. The van der Waals surface area contributed by atoms with E-state index in [2.05, 4.69) is 4.98 Å². The number of hydrogen-bond acceptors (Lipinski definition) is 2. The van der Waals surface area contributed by atoms with E-state index >= 15 is 0 Å². The number of halogens is 6. The molecule has 0 aliphatic carbocycles. The minimum atomic E-state index is -1.03. The van der Waals surface area contributed by atoms with Crippen molar-refractivity contribution in [3.8, 4) is 22.4 Å². The van der Waals surface area contributed by atoms with E-state index in [0.29, 0.717) is 38.0 Å². The normalized spacial score (nSPS) is 10.9. The average Bonchev–Trinajstić information content (AvgIpc) is 2.61. The summed E-state index contributed by atoms with van der Waals surface area (Å²) >= 11 is 36.9. The fourth-order valence-corrected chi connectivity index (χ4v) is 4.09. The number of rotatable bonds is 4. The predicted octanol–water partition coefficient (Wildman–Crippen LogP) is 7.96. The summed E-state index contributed by atoms with van der Waals surface area (Å²) < 4.78 is 0. The van der Waals surface area contributed by atoms with E-state index in [1.165, 1.54) is 18.3 Å². The van der Waals surface area contributed by atoms with Crippen LogP contribution in [0.3, 0.4) is 0 Å². The van der Waals surface area contributed by atoms with Gasteiger partial charge in [0, 0.05) is 32.9 Å². The molecule has 28 heavy (non-hydrogen) atoms. The van der Waals surface area contributed by atoms with E-state index in [1.54, 1.807) is 18.2 Å². The van der Waals surface area contributed by atoms with Gasteiger partial charge in [-0.15, -0.1) is 0 Å². The van der Waals surface area contributed by atoms with Crippen molar-refractivity contribution in [2.45, 2.75) is 6.42 Å². The van der Waals surface area contributed by atoms with Gasteiger partial charge in [0.05, 0.1) is 32.2 Å². The average molecular weight is 496 g/mol. The lowest BCUT2D eigenvalue weighted by Gasteiger charge is -2.14. The lowest BCUT2D eigenvalue weighted by molar-refractivity contribution is -0.136. The third kappa shape index (κ3) is 4.51. The van der Waals surface area contributed by atoms with Crippen molar-refractivity contribution in [3.05, 3.63) is 72.2 Å². The second kappa shape index (κ2) is 8.66. The molecule has 3 nitrogen and oxygen atoms in total. The molecule has 0 fully saturated rings. The van der Waals surface area contributed by atoms with Crippen LogP contribution in [0.25, 0.3) is 22.4 Å². The Kier molecular flexibility index (Phi) is 6.65. The molecule has 3 rings (SSSR count). The van der Waals surface area contributed by atoms with Gasteiger partial charge in [-0.05, 0) is 35.9 Å². The number of carbonyl (C=O) groups is 1. The summed E-state index contributed by atoms with van der Waals surface area (Å²) in [6.07, 6.45) is 1.21. The number of aromatic nitrogens is 1. The molecule has 1 N–H and O–H groups in total. The summed E-state index contributed by atoms with van der Waals surface area (Å²) in [6, 6.07) is 7.81. The summed E-state index contributed by atoms with van der Waals surface area (Å²) in [5.74, 6) is -1.03. The molecule has 144 valence electrons. The molecule has 2 aromatic carbocycles. The molecule has 3 aromatic rings. The number of nitrogens with zero attached hydrogens (tertiary/aromatic N) is 1. The highest BCUT2D eigenvalue weighted by Gasteiger charge is 2.18. The summed E-state index contributed by atoms with van der Waals surface area (Å²) in [5.41, 5.74) is 2.31. The number of hydrogen-bond donors (Lipinski definition) is 1. The SMILES string of the molecule is O=C(O)Cc1cc(-c2cc(Cl)cc(Cl)c2Cl)ncc1-c1cc(Cl)cc(Cl)c1Cl. The van der Waals surface area contributed by atoms with Crippen LogP contribution in [-0.2, 0) is 11.2 Å². The molecule has 1 heterocycles. The third-order valence-corrected chi connectivity index (χ3v) is 5.92. The molecule has 0 radical (unpaired) electrons. The van der Waals surface area contributed by atoms with Crippen molar-refractivity contribution < 1.29 is 9.90 Å². The van der Waals surface area contributed by atoms with Gasteiger partial charge in [0.15, 0.2) is 0 Å². The zero-order valence-electron chi connectivity index (χ0n) is 13.7. The van der Waals surface area contributed by atoms with Crippen LogP contribution in [-0.4, -0.2) is 16.1 Å². The van der Waals surface area contributed by atoms with Crippen molar-refractivity contribution >= 4 is 75.6 Å². The first-order valence-electron chi connectivity index (χ1n) is 7.68. The Labute approximate surface area is 190 Å². The molecule has 0 aliphatic heterocycles. The van der Waals surface area contributed by atoms with Crippen LogP contribution in [0.4, 0.5) is 0 Å². The molecular formula is C19H9Cl6NO2. The van der Waals surface area contributed by atoms with Crippen molar-refractivity contribution in [2.24, 2.45) is 0 Å². The standard InChI is InChI=1S/C19H9Cl6NO2/c20-9-3-11(18(24)14(22)5-9)13-7-26-16(1-8(13)2-17(27)28)12-4-10(21)6-15(23)19(12)25/h1,3-7H,2H2,(H,27,28). The van der Waals surface area contributed by atoms with E-state index in [-0.39, 0.29) is 26.5 Å². The van der Waals surface area contributed by atoms with Crippen molar-refractivity contribution in [2.75, 3.05) is 0 Å². The van der Waals surface area contributed by atoms with E-state index in [0.717, 1.165) is 0 Å². The van der Waals surface area contributed by atoms with Crippen LogP contribution in [0.2, 0.25) is 30.1 Å². The van der Waals surface area contributed by atoms with E-state index in [9.17, 15) is 9.90 Å². The van der Waals surface area contributed by atoms with Gasteiger partial charge in [-0.2, -0.15) is 0 Å². The maximum Gasteiger partial charge on any atom is 0.307 e. The quantitative estimate of drug-likeness (QED) is 0.373. The Morgan fingerprint density at radius 3 is 1.89 bits per heavy atom. The first-order chi connectivity index (χ1) is 13.2. The van der Waals surface area contributed by atoms with Crippen LogP contribution in [0.5, 0.6) is 0 Å². The second-order valence-electron chi connectivity index (χ2n) is 5.80. The van der Waals surface area contributed by atoms with Gasteiger partial charge in [0.2, 0.25) is 0 Å². The number of carboxylic acids is 1.